The van der Waals surface area contributed by atoms with E-state index in [1.165, 1.54) is 11.1 Å². The Balaban J connectivity index is 2.08. The van der Waals surface area contributed by atoms with Crippen LogP contribution in [0.5, 0.6) is 5.75 Å². The zero-order valence-electron chi connectivity index (χ0n) is 12.3. The van der Waals surface area contributed by atoms with Gasteiger partial charge in [-0.1, -0.05) is 29.8 Å². The molecule has 4 heteroatoms. The first-order valence-corrected chi connectivity index (χ1v) is 6.99. The third-order valence-corrected chi connectivity index (χ3v) is 3.47. The maximum absolute atomic E-state index is 10.4. The highest BCUT2D eigenvalue weighted by molar-refractivity contribution is 5.28. The van der Waals surface area contributed by atoms with Crippen molar-refractivity contribution in [1.82, 2.24) is 9.78 Å². The topological polar surface area (TPSA) is 47.3 Å². The van der Waals surface area contributed by atoms with Crippen LogP contribution in [0.15, 0.2) is 30.5 Å². The zero-order chi connectivity index (χ0) is 14.5. The van der Waals surface area contributed by atoms with Crippen LogP contribution in [-0.4, -0.2) is 22.0 Å². The molecule has 0 bridgehead atoms. The van der Waals surface area contributed by atoms with E-state index in [2.05, 4.69) is 30.2 Å². The first kappa shape index (κ1) is 14.6. The largest absolute Gasteiger partial charge is 0.493 e. The molecular weight excluding hydrogens is 252 g/mol. The summed E-state index contributed by atoms with van der Waals surface area (Å²) in [4.78, 5) is 0. The van der Waals surface area contributed by atoms with Crippen molar-refractivity contribution in [1.29, 1.82) is 0 Å². The number of rotatable bonds is 6. The summed E-state index contributed by atoms with van der Waals surface area (Å²) in [7, 11) is 1.60. The van der Waals surface area contributed by atoms with Crippen LogP contribution >= 0.6 is 0 Å². The Morgan fingerprint density at radius 3 is 2.85 bits per heavy atom. The highest BCUT2D eigenvalue weighted by atomic mass is 16.5. The summed E-state index contributed by atoms with van der Waals surface area (Å²) in [6, 6.07) is 8.37. The molecule has 0 aliphatic carbocycles. The molecule has 1 aromatic heterocycles. The monoisotopic (exact) mass is 274 g/mol. The lowest BCUT2D eigenvalue weighted by atomic mass is 10.0. The number of ether oxygens (including phenoxy) is 1. The van der Waals surface area contributed by atoms with Gasteiger partial charge in [-0.25, -0.2) is 0 Å². The Bertz CT molecular complexity index is 542. The molecule has 20 heavy (non-hydrogen) atoms. The minimum atomic E-state index is -0.562. The second kappa shape index (κ2) is 6.57. The Labute approximate surface area is 120 Å². The molecule has 1 heterocycles. The lowest BCUT2D eigenvalue weighted by Crippen LogP contribution is -2.10. The number of hydrogen-bond donors (Lipinski definition) is 1. The van der Waals surface area contributed by atoms with Crippen LogP contribution < -0.4 is 4.74 Å². The average molecular weight is 274 g/mol. The molecule has 0 saturated heterocycles. The van der Waals surface area contributed by atoms with Gasteiger partial charge in [-0.2, -0.15) is 5.10 Å². The zero-order valence-corrected chi connectivity index (χ0v) is 12.3. The highest BCUT2D eigenvalue weighted by Crippen LogP contribution is 2.28. The maximum atomic E-state index is 10.4. The summed E-state index contributed by atoms with van der Waals surface area (Å²) >= 11 is 0. The minimum absolute atomic E-state index is 0.562. The van der Waals surface area contributed by atoms with Crippen LogP contribution in [0.3, 0.4) is 0 Å². The lowest BCUT2D eigenvalue weighted by Gasteiger charge is -2.14. The fraction of sp³-hybridized carbons (Fsp3) is 0.438. The molecule has 4 nitrogen and oxygen atoms in total. The number of methoxy groups -OCH3 is 1. The predicted molar refractivity (Wildman–Crippen MR) is 78.9 cm³/mol. The summed E-state index contributed by atoms with van der Waals surface area (Å²) in [5, 5.41) is 14.7. The minimum Gasteiger partial charge on any atom is -0.493 e. The van der Waals surface area contributed by atoms with Gasteiger partial charge in [0.15, 0.2) is 5.75 Å². The number of benzene rings is 1. The van der Waals surface area contributed by atoms with Gasteiger partial charge in [-0.15, -0.1) is 0 Å². The van der Waals surface area contributed by atoms with Crippen molar-refractivity contribution < 1.29 is 9.84 Å². The fourth-order valence-electron chi connectivity index (χ4n) is 2.43. The van der Waals surface area contributed by atoms with Crippen LogP contribution in [0.25, 0.3) is 0 Å². The van der Waals surface area contributed by atoms with Crippen LogP contribution in [0.4, 0.5) is 0 Å². The summed E-state index contributed by atoms with van der Waals surface area (Å²) in [6.45, 7) is 4.80. The maximum Gasteiger partial charge on any atom is 0.162 e. The van der Waals surface area contributed by atoms with Crippen LogP contribution in [0.1, 0.15) is 36.3 Å². The van der Waals surface area contributed by atoms with Gasteiger partial charge in [0.05, 0.1) is 19.4 Å². The predicted octanol–water partition coefficient (Wildman–Crippen LogP) is 2.89. The van der Waals surface area contributed by atoms with Crippen LogP contribution in [0.2, 0.25) is 0 Å². The van der Waals surface area contributed by atoms with E-state index in [1.54, 1.807) is 18.0 Å². The summed E-state index contributed by atoms with van der Waals surface area (Å²) in [5.41, 5.74) is 3.25. The van der Waals surface area contributed by atoms with Crippen molar-refractivity contribution >= 4 is 0 Å². The van der Waals surface area contributed by atoms with Gasteiger partial charge < -0.3 is 9.84 Å². The Hall–Kier alpha value is -1.81. The summed E-state index contributed by atoms with van der Waals surface area (Å²) in [5.74, 6) is 0.656. The average Bonchev–Trinajstić information content (AvgIpc) is 2.88. The van der Waals surface area contributed by atoms with Crippen molar-refractivity contribution in [2.24, 2.45) is 0 Å². The lowest BCUT2D eigenvalue weighted by molar-refractivity contribution is 0.153. The molecule has 1 N–H and O–H groups in total. The summed E-state index contributed by atoms with van der Waals surface area (Å²) in [6.07, 6.45) is 2.59. The van der Waals surface area contributed by atoms with E-state index in [0.29, 0.717) is 12.2 Å². The van der Waals surface area contributed by atoms with E-state index < -0.39 is 6.10 Å². The van der Waals surface area contributed by atoms with E-state index >= 15 is 0 Å². The molecule has 0 amide bonds. The summed E-state index contributed by atoms with van der Waals surface area (Å²) < 4.78 is 7.07. The normalized spacial score (nSPS) is 12.4. The number of aromatic nitrogens is 2. The van der Waals surface area contributed by atoms with E-state index in [1.807, 2.05) is 13.0 Å². The molecule has 1 aromatic carbocycles. The molecule has 0 aliphatic heterocycles. The first-order chi connectivity index (χ1) is 9.65. The molecule has 2 aromatic rings. The van der Waals surface area contributed by atoms with Crippen LogP contribution in [-0.2, 0) is 13.0 Å². The molecular formula is C16H22N2O2. The van der Waals surface area contributed by atoms with Gasteiger partial charge in [-0.3, -0.25) is 4.68 Å². The number of hydrogen-bond acceptors (Lipinski definition) is 3. The van der Waals surface area contributed by atoms with Gasteiger partial charge in [0.1, 0.15) is 5.69 Å². The van der Waals surface area contributed by atoms with E-state index in [9.17, 15) is 5.11 Å². The van der Waals surface area contributed by atoms with Gasteiger partial charge in [-0.05, 0) is 32.3 Å². The van der Waals surface area contributed by atoms with Crippen molar-refractivity contribution in [3.63, 3.8) is 0 Å². The van der Waals surface area contributed by atoms with Gasteiger partial charge in [0.2, 0.25) is 0 Å². The molecule has 0 fully saturated rings. The standard InChI is InChI=1S/C16H22N2O2/c1-4-18-16(15(20-3)11-17-18)14(19)9-8-13-7-5-6-12(2)10-13/h5-7,10-11,14,19H,4,8-9H2,1-3H3. The Morgan fingerprint density at radius 1 is 1.40 bits per heavy atom. The second-order valence-electron chi connectivity index (χ2n) is 4.96. The third-order valence-electron chi connectivity index (χ3n) is 3.47. The molecule has 108 valence electrons. The van der Waals surface area contributed by atoms with Gasteiger partial charge >= 0.3 is 0 Å². The van der Waals surface area contributed by atoms with E-state index in [0.717, 1.165) is 18.7 Å². The van der Waals surface area contributed by atoms with Crippen molar-refractivity contribution in [2.45, 2.75) is 39.3 Å². The molecule has 0 spiro atoms. The smallest absolute Gasteiger partial charge is 0.162 e. The van der Waals surface area contributed by atoms with Crippen molar-refractivity contribution in [2.75, 3.05) is 7.11 Å². The number of nitrogens with zero attached hydrogens (tertiary/aromatic N) is 2. The molecule has 1 unspecified atom stereocenters. The Kier molecular flexibility index (Phi) is 4.79. The first-order valence-electron chi connectivity index (χ1n) is 6.99. The van der Waals surface area contributed by atoms with Gasteiger partial charge in [0, 0.05) is 6.54 Å². The molecule has 0 saturated carbocycles. The van der Waals surface area contributed by atoms with Gasteiger partial charge in [0.25, 0.3) is 0 Å². The molecule has 2 rings (SSSR count). The molecule has 1 atom stereocenters. The third kappa shape index (κ3) is 3.20. The van der Waals surface area contributed by atoms with E-state index in [-0.39, 0.29) is 0 Å². The molecule has 0 aliphatic rings. The SMILES string of the molecule is CCn1ncc(OC)c1C(O)CCc1cccc(C)c1. The fourth-order valence-corrected chi connectivity index (χ4v) is 2.43. The van der Waals surface area contributed by atoms with Crippen molar-refractivity contribution in [3.05, 3.63) is 47.3 Å². The molecule has 0 radical (unpaired) electrons. The quantitative estimate of drug-likeness (QED) is 0.881. The number of aryl methyl sites for hydroxylation is 3. The number of aliphatic hydroxyl groups is 1. The highest BCUT2D eigenvalue weighted by Gasteiger charge is 2.19. The second-order valence-corrected chi connectivity index (χ2v) is 4.96. The Morgan fingerprint density at radius 2 is 2.20 bits per heavy atom. The van der Waals surface area contributed by atoms with Crippen LogP contribution in [0, 0.1) is 6.92 Å². The van der Waals surface area contributed by atoms with Crippen molar-refractivity contribution in [3.8, 4) is 5.75 Å². The number of aliphatic hydroxyl groups excluding tert-OH is 1. The van der Waals surface area contributed by atoms with E-state index in [4.69, 9.17) is 4.74 Å².